The lowest BCUT2D eigenvalue weighted by molar-refractivity contribution is 0.0727. The summed E-state index contributed by atoms with van der Waals surface area (Å²) in [5.74, 6) is 1.18. The summed E-state index contributed by atoms with van der Waals surface area (Å²) in [7, 11) is 0. The number of ether oxygens (including phenoxy) is 5. The maximum absolute atomic E-state index is 13.5. The number of hydrazone groups is 1. The lowest BCUT2D eigenvalue weighted by atomic mass is 10.0. The number of fused-ring (bicyclic) bond motifs is 1. The number of hydrogen-bond acceptors (Lipinski definition) is 8. The molecule has 0 radical (unpaired) electrons. The van der Waals surface area contributed by atoms with Crippen LogP contribution in [0.25, 0.3) is 22.0 Å². The molecule has 48 heavy (non-hydrogen) atoms. The van der Waals surface area contributed by atoms with Crippen LogP contribution in [0.4, 0.5) is 0 Å². The summed E-state index contributed by atoms with van der Waals surface area (Å²) in [6.45, 7) is 9.16. The number of benzene rings is 4. The van der Waals surface area contributed by atoms with Crippen LogP contribution in [0, 0.1) is 0 Å². The molecule has 0 spiro atoms. The second kappa shape index (κ2) is 15.9. The van der Waals surface area contributed by atoms with E-state index in [1.54, 1.807) is 42.5 Å². The lowest BCUT2D eigenvalue weighted by Gasteiger charge is -2.13. The molecule has 248 valence electrons. The number of esters is 1. The van der Waals surface area contributed by atoms with E-state index >= 15 is 0 Å². The minimum absolute atomic E-state index is 0.226. The molecule has 0 saturated carbocycles. The third-order valence-electron chi connectivity index (χ3n) is 7.08. The maximum atomic E-state index is 13.5. The summed E-state index contributed by atoms with van der Waals surface area (Å²) in [5, 5.41) is 5.48. The van der Waals surface area contributed by atoms with Crippen LogP contribution in [0.2, 0.25) is 5.02 Å². The normalized spacial score (nSPS) is 11.0. The van der Waals surface area contributed by atoms with Gasteiger partial charge in [-0.25, -0.2) is 10.2 Å². The van der Waals surface area contributed by atoms with Crippen LogP contribution in [-0.4, -0.2) is 49.5 Å². The number of H-pyrrole nitrogens is 1. The largest absolute Gasteiger partial charge is 0.494 e. The molecule has 2 N–H and O–H groups in total. The summed E-state index contributed by atoms with van der Waals surface area (Å²) >= 11 is 6.57. The van der Waals surface area contributed by atoms with Crippen molar-refractivity contribution in [3.63, 3.8) is 0 Å². The van der Waals surface area contributed by atoms with Gasteiger partial charge in [-0.15, -0.1) is 0 Å². The number of amides is 1. The molecule has 1 amide bonds. The molecule has 0 aliphatic heterocycles. The van der Waals surface area contributed by atoms with Gasteiger partial charge < -0.3 is 28.7 Å². The number of aromatic nitrogens is 1. The average Bonchev–Trinajstić information content (AvgIpc) is 3.46. The van der Waals surface area contributed by atoms with E-state index in [-0.39, 0.29) is 5.75 Å². The van der Waals surface area contributed by atoms with Crippen molar-refractivity contribution in [1.82, 2.24) is 10.4 Å². The fraction of sp³-hybridized carbons (Fsp3) is 0.216. The van der Waals surface area contributed by atoms with E-state index in [0.29, 0.717) is 82.4 Å². The monoisotopic (exact) mass is 669 g/mol. The standard InChI is InChI=1S/C37H36ClN3O7/c1-5-44-25-15-16-29-27(21-25)34(26-11-9-10-12-28(26)38)35(40-29)36(42)41-39-22-23-13-17-31(32(19-23)46-7-3)48-37(43)24-14-18-30(45-6-2)33(20-24)47-8-4/h9-22,40H,5-8H2,1-4H3,(H,41,42). The molecule has 0 bridgehead atoms. The Bertz CT molecular complexity index is 1950. The predicted octanol–water partition coefficient (Wildman–Crippen LogP) is 8.07. The second-order valence-corrected chi connectivity index (χ2v) is 10.7. The van der Waals surface area contributed by atoms with Gasteiger partial charge in [0.15, 0.2) is 23.0 Å². The number of carbonyl (C=O) groups is 2. The quantitative estimate of drug-likeness (QED) is 0.0531. The topological polar surface area (TPSA) is 120 Å². The fourth-order valence-corrected chi connectivity index (χ4v) is 5.29. The van der Waals surface area contributed by atoms with Gasteiger partial charge in [0.05, 0.1) is 38.2 Å². The van der Waals surface area contributed by atoms with Crippen molar-refractivity contribution in [1.29, 1.82) is 0 Å². The smallest absolute Gasteiger partial charge is 0.343 e. The lowest BCUT2D eigenvalue weighted by Crippen LogP contribution is -2.19. The molecule has 0 aliphatic rings. The van der Waals surface area contributed by atoms with Crippen molar-refractivity contribution in [2.45, 2.75) is 27.7 Å². The van der Waals surface area contributed by atoms with Crippen molar-refractivity contribution in [2.24, 2.45) is 5.10 Å². The Morgan fingerprint density at radius 3 is 2.19 bits per heavy atom. The van der Waals surface area contributed by atoms with E-state index in [4.69, 9.17) is 35.3 Å². The highest BCUT2D eigenvalue weighted by atomic mass is 35.5. The van der Waals surface area contributed by atoms with Gasteiger partial charge in [0.2, 0.25) is 0 Å². The zero-order valence-corrected chi connectivity index (χ0v) is 27.9. The van der Waals surface area contributed by atoms with Crippen molar-refractivity contribution < 1.29 is 33.3 Å². The molecule has 5 aromatic rings. The van der Waals surface area contributed by atoms with Gasteiger partial charge in [-0.05, 0) is 93.9 Å². The summed E-state index contributed by atoms with van der Waals surface area (Å²) in [6.07, 6.45) is 1.47. The Hall–Kier alpha value is -5.48. The summed E-state index contributed by atoms with van der Waals surface area (Å²) in [4.78, 5) is 29.8. The van der Waals surface area contributed by atoms with Gasteiger partial charge in [-0.1, -0.05) is 29.8 Å². The number of rotatable bonds is 14. The highest BCUT2D eigenvalue weighted by Gasteiger charge is 2.22. The zero-order chi connectivity index (χ0) is 34.0. The minimum Gasteiger partial charge on any atom is -0.494 e. The van der Waals surface area contributed by atoms with Crippen molar-refractivity contribution in [3.05, 3.63) is 101 Å². The van der Waals surface area contributed by atoms with Crippen molar-refractivity contribution in [2.75, 3.05) is 26.4 Å². The van der Waals surface area contributed by atoms with Crippen molar-refractivity contribution >= 4 is 40.6 Å². The highest BCUT2D eigenvalue weighted by Crippen LogP contribution is 2.38. The van der Waals surface area contributed by atoms with Crippen LogP contribution in [0.15, 0.2) is 84.0 Å². The minimum atomic E-state index is -0.588. The average molecular weight is 670 g/mol. The van der Waals surface area contributed by atoms with E-state index < -0.39 is 11.9 Å². The van der Waals surface area contributed by atoms with Crippen LogP contribution in [0.3, 0.4) is 0 Å². The molecular weight excluding hydrogens is 634 g/mol. The number of carbonyl (C=O) groups excluding carboxylic acids is 2. The molecular formula is C37H36ClN3O7. The molecule has 0 fully saturated rings. The first-order valence-corrected chi connectivity index (χ1v) is 16.0. The van der Waals surface area contributed by atoms with Crippen molar-refractivity contribution in [3.8, 4) is 39.9 Å². The van der Waals surface area contributed by atoms with Crippen LogP contribution in [-0.2, 0) is 0 Å². The summed E-state index contributed by atoms with van der Waals surface area (Å²) in [6, 6.07) is 22.7. The first-order valence-electron chi connectivity index (χ1n) is 15.6. The third-order valence-corrected chi connectivity index (χ3v) is 7.41. The Balaban J connectivity index is 1.36. The van der Waals surface area contributed by atoms with Gasteiger partial charge in [0.25, 0.3) is 5.91 Å². The third kappa shape index (κ3) is 7.72. The fourth-order valence-electron chi connectivity index (χ4n) is 5.06. The number of hydrogen-bond donors (Lipinski definition) is 2. The Morgan fingerprint density at radius 2 is 1.46 bits per heavy atom. The van der Waals surface area contributed by atoms with Gasteiger partial charge in [0, 0.05) is 27.1 Å². The first-order chi connectivity index (χ1) is 23.4. The molecule has 0 unspecified atom stereocenters. The number of aromatic amines is 1. The molecule has 11 heteroatoms. The molecule has 0 atom stereocenters. The van der Waals surface area contributed by atoms with Crippen LogP contribution in [0.1, 0.15) is 54.1 Å². The SMILES string of the molecule is CCOc1ccc2[nH]c(C(=O)NN=Cc3ccc(OC(=O)c4ccc(OCC)c(OCC)c4)c(OCC)c3)c(-c3ccccc3Cl)c2c1. The van der Waals surface area contributed by atoms with E-state index in [1.807, 2.05) is 64.1 Å². The van der Waals surface area contributed by atoms with E-state index in [1.165, 1.54) is 6.21 Å². The molecule has 1 heterocycles. The van der Waals surface area contributed by atoms with Crippen LogP contribution in [0.5, 0.6) is 28.7 Å². The first kappa shape index (κ1) is 33.9. The zero-order valence-electron chi connectivity index (χ0n) is 27.1. The van der Waals surface area contributed by atoms with Gasteiger partial charge in [0.1, 0.15) is 11.4 Å². The molecule has 5 rings (SSSR count). The molecule has 4 aromatic carbocycles. The number of nitrogens with zero attached hydrogens (tertiary/aromatic N) is 1. The van der Waals surface area contributed by atoms with Gasteiger partial charge in [-0.3, -0.25) is 4.79 Å². The second-order valence-electron chi connectivity index (χ2n) is 10.3. The molecule has 0 saturated heterocycles. The van der Waals surface area contributed by atoms with E-state index in [2.05, 4.69) is 15.5 Å². The van der Waals surface area contributed by atoms with E-state index in [0.717, 1.165) is 10.9 Å². The van der Waals surface area contributed by atoms with Crippen LogP contribution < -0.4 is 29.1 Å². The Morgan fingerprint density at radius 1 is 0.771 bits per heavy atom. The maximum Gasteiger partial charge on any atom is 0.343 e. The molecule has 10 nitrogen and oxygen atoms in total. The highest BCUT2D eigenvalue weighted by molar-refractivity contribution is 6.34. The number of halogens is 1. The predicted molar refractivity (Wildman–Crippen MR) is 186 cm³/mol. The van der Waals surface area contributed by atoms with Gasteiger partial charge >= 0.3 is 5.97 Å². The van der Waals surface area contributed by atoms with Crippen LogP contribution >= 0.6 is 11.6 Å². The van der Waals surface area contributed by atoms with Gasteiger partial charge in [-0.2, -0.15) is 5.10 Å². The Kier molecular flexibility index (Phi) is 11.2. The Labute approximate surface area is 283 Å². The summed E-state index contributed by atoms with van der Waals surface area (Å²) < 4.78 is 28.4. The molecule has 0 aliphatic carbocycles. The molecule has 1 aromatic heterocycles. The summed E-state index contributed by atoms with van der Waals surface area (Å²) in [5.41, 5.74) is 5.86. The van der Waals surface area contributed by atoms with E-state index in [9.17, 15) is 9.59 Å². The number of nitrogens with one attached hydrogen (secondary N) is 2.